The molecule has 65 heavy (non-hydrogen) atoms. The van der Waals surface area contributed by atoms with Gasteiger partial charge in [-0.2, -0.15) is 4.98 Å². The van der Waals surface area contributed by atoms with Crippen LogP contribution in [0.1, 0.15) is 64.3 Å². The van der Waals surface area contributed by atoms with E-state index in [0.29, 0.717) is 56.6 Å². The maximum absolute atomic E-state index is 15.3. The van der Waals surface area contributed by atoms with Crippen LogP contribution >= 0.6 is 0 Å². The Morgan fingerprint density at radius 3 is 2.06 bits per heavy atom. The third-order valence-corrected chi connectivity index (χ3v) is 11.8. The first-order chi connectivity index (χ1) is 31.4. The van der Waals surface area contributed by atoms with Crippen LogP contribution in [0.2, 0.25) is 0 Å². The van der Waals surface area contributed by atoms with E-state index in [1.807, 2.05) is 0 Å². The molecule has 338 valence electrons. The van der Waals surface area contributed by atoms with Gasteiger partial charge in [-0.3, -0.25) is 34.8 Å². The van der Waals surface area contributed by atoms with Gasteiger partial charge in [-0.25, -0.2) is 31.9 Å². The molecule has 14 nitrogen and oxygen atoms in total. The lowest BCUT2D eigenvalue weighted by Gasteiger charge is -2.38. The van der Waals surface area contributed by atoms with Crippen molar-refractivity contribution in [3.63, 3.8) is 0 Å². The number of aromatic nitrogens is 2. The Bertz CT molecular complexity index is 2560. The minimum atomic E-state index is -0.792. The second-order valence-electron chi connectivity index (χ2n) is 16.2. The van der Waals surface area contributed by atoms with Gasteiger partial charge in [0.2, 0.25) is 17.8 Å². The number of carbonyl (C=O) groups excluding carboxylic acids is 4. The molecule has 0 aliphatic carbocycles. The minimum Gasteiger partial charge on any atom is -0.364 e. The predicted molar refractivity (Wildman–Crippen MR) is 232 cm³/mol. The van der Waals surface area contributed by atoms with Gasteiger partial charge < -0.3 is 20.9 Å². The van der Waals surface area contributed by atoms with Gasteiger partial charge in [0.1, 0.15) is 29.0 Å². The molecule has 5 N–H and O–H groups in total. The molecule has 19 heteroatoms. The van der Waals surface area contributed by atoms with Crippen molar-refractivity contribution in [2.24, 2.45) is 5.92 Å². The van der Waals surface area contributed by atoms with E-state index in [9.17, 15) is 28.0 Å². The normalized spacial score (nSPS) is 17.4. The first-order valence-corrected chi connectivity index (χ1v) is 21.2. The first kappa shape index (κ1) is 44.6. The highest BCUT2D eigenvalue weighted by Crippen LogP contribution is 2.33. The van der Waals surface area contributed by atoms with Gasteiger partial charge in [0.25, 0.3) is 11.8 Å². The Labute approximate surface area is 370 Å². The molecular formula is C46H45F5N10O4. The van der Waals surface area contributed by atoms with Gasteiger partial charge in [0.05, 0.1) is 23.2 Å². The second-order valence-corrected chi connectivity index (χ2v) is 16.2. The summed E-state index contributed by atoms with van der Waals surface area (Å²) < 4.78 is 74.4. The Morgan fingerprint density at radius 2 is 1.37 bits per heavy atom. The molecule has 4 amide bonds. The van der Waals surface area contributed by atoms with Crippen molar-refractivity contribution < 1.29 is 41.1 Å². The van der Waals surface area contributed by atoms with E-state index in [2.05, 4.69) is 41.6 Å². The fourth-order valence-corrected chi connectivity index (χ4v) is 8.24. The van der Waals surface area contributed by atoms with Gasteiger partial charge in [0, 0.05) is 62.8 Å². The molecule has 4 aromatic carbocycles. The van der Waals surface area contributed by atoms with Gasteiger partial charge in [-0.05, 0) is 110 Å². The zero-order valence-corrected chi connectivity index (χ0v) is 35.0. The maximum Gasteiger partial charge on any atom is 0.268 e. The largest absolute Gasteiger partial charge is 0.364 e. The molecule has 0 saturated carbocycles. The lowest BCUT2D eigenvalue weighted by Crippen LogP contribution is -2.48. The maximum atomic E-state index is 15.3. The number of anilines is 6. The average molecular weight is 897 g/mol. The summed E-state index contributed by atoms with van der Waals surface area (Å²) in [5, 5.41) is 12.3. The summed E-state index contributed by atoms with van der Waals surface area (Å²) in [6, 6.07) is 18.1. The van der Waals surface area contributed by atoms with Crippen molar-refractivity contribution in [1.82, 2.24) is 30.6 Å². The monoisotopic (exact) mass is 896 g/mol. The lowest BCUT2D eigenvalue weighted by atomic mass is 9.90. The van der Waals surface area contributed by atoms with E-state index in [1.54, 1.807) is 40.2 Å². The summed E-state index contributed by atoms with van der Waals surface area (Å²) in [6.07, 6.45) is 3.81. The number of carbonyl (C=O) groups is 4. The number of nitrogens with zero attached hydrogens (tertiary/aromatic N) is 5. The third-order valence-electron chi connectivity index (χ3n) is 11.8. The summed E-state index contributed by atoms with van der Waals surface area (Å²) >= 11 is 0. The number of piperidine rings is 2. The smallest absolute Gasteiger partial charge is 0.268 e. The van der Waals surface area contributed by atoms with Gasteiger partial charge >= 0.3 is 0 Å². The molecule has 1 atom stereocenters. The number of halogens is 5. The summed E-state index contributed by atoms with van der Waals surface area (Å²) in [7, 11) is 0. The lowest BCUT2D eigenvalue weighted by molar-refractivity contribution is -0.134. The van der Waals surface area contributed by atoms with Crippen molar-refractivity contribution in [3.05, 3.63) is 131 Å². The standard InChI is InChI=1S/C46H45F5N10O4/c47-35-4-2-1-3-33(35)44(64)54-30-7-5-29(6-8-30)53-42-39(51)26-52-46(57-42)55-31-9-10-34(36(48)25-31)45(65)58-61-17-14-27(15-18-61)13-16-59-19-21-60(22-20-59)41-37(49)23-28(24-38(41)50)32-11-12-40(62)56-43(32)63/h1-10,23-27,32H,11-22H2,(H,54,64)(H,58,65)(H,56,62,63)(H2,52,53,55,57). The second kappa shape index (κ2) is 19.8. The van der Waals surface area contributed by atoms with Crippen LogP contribution in [0, 0.1) is 35.0 Å². The van der Waals surface area contributed by atoms with E-state index >= 15 is 13.2 Å². The zero-order chi connectivity index (χ0) is 45.6. The van der Waals surface area contributed by atoms with Gasteiger partial charge in [-0.15, -0.1) is 0 Å². The molecule has 4 heterocycles. The Morgan fingerprint density at radius 1 is 0.692 bits per heavy atom. The topological polar surface area (TPSA) is 164 Å². The highest BCUT2D eigenvalue weighted by atomic mass is 19.1. The highest BCUT2D eigenvalue weighted by molar-refractivity contribution is 6.04. The van der Waals surface area contributed by atoms with Crippen molar-refractivity contribution in [2.75, 3.05) is 66.7 Å². The molecular weight excluding hydrogens is 852 g/mol. The molecule has 0 radical (unpaired) electrons. The summed E-state index contributed by atoms with van der Waals surface area (Å²) in [6.45, 7) is 4.09. The van der Waals surface area contributed by atoms with Crippen molar-refractivity contribution in [1.29, 1.82) is 0 Å². The molecule has 0 spiro atoms. The molecule has 0 bridgehead atoms. The van der Waals surface area contributed by atoms with E-state index < -0.39 is 58.6 Å². The number of benzene rings is 4. The van der Waals surface area contributed by atoms with E-state index in [4.69, 9.17) is 0 Å². The number of piperazine rings is 1. The molecule has 3 saturated heterocycles. The summed E-state index contributed by atoms with van der Waals surface area (Å²) in [5.41, 5.74) is 3.65. The van der Waals surface area contributed by atoms with Gasteiger partial charge in [0.15, 0.2) is 11.6 Å². The molecule has 1 aromatic heterocycles. The fraction of sp³-hybridized carbons (Fsp3) is 0.304. The quantitative estimate of drug-likeness (QED) is 0.0611. The number of hydrazine groups is 1. The van der Waals surface area contributed by atoms with Crippen LogP contribution in [-0.4, -0.2) is 89.3 Å². The number of imide groups is 1. The Kier molecular flexibility index (Phi) is 13.6. The van der Waals surface area contributed by atoms with Crippen molar-refractivity contribution in [2.45, 2.75) is 38.0 Å². The average Bonchev–Trinajstić information content (AvgIpc) is 3.28. The number of nitrogens with one attached hydrogen (secondary N) is 5. The highest BCUT2D eigenvalue weighted by Gasteiger charge is 2.31. The number of hydrogen-bond acceptors (Lipinski definition) is 11. The van der Waals surface area contributed by atoms with Gasteiger partial charge in [-0.1, -0.05) is 12.1 Å². The van der Waals surface area contributed by atoms with Crippen molar-refractivity contribution in [3.8, 4) is 0 Å². The minimum absolute atomic E-state index is 0.0502. The van der Waals surface area contributed by atoms with Crippen LogP contribution < -0.4 is 31.6 Å². The SMILES string of the molecule is O=C1CCC(c2cc(F)c(N3CCN(CCC4CCN(NC(=O)c5ccc(Nc6ncc(F)c(Nc7ccc(NC(=O)c8ccccc8F)cc7)n6)cc5F)CC4)CC3)c(F)c2)C(=O)N1. The zero-order valence-electron chi connectivity index (χ0n) is 35.0. The van der Waals surface area contributed by atoms with Crippen molar-refractivity contribution >= 4 is 58.1 Å². The fourth-order valence-electron chi connectivity index (χ4n) is 8.24. The molecule has 8 rings (SSSR count). The molecule has 3 aliphatic rings. The Balaban J connectivity index is 0.762. The molecule has 3 aliphatic heterocycles. The van der Waals surface area contributed by atoms with Crippen LogP contribution in [0.4, 0.5) is 56.5 Å². The summed E-state index contributed by atoms with van der Waals surface area (Å²) in [5.74, 6) is -6.46. The number of rotatable bonds is 13. The van der Waals surface area contributed by atoms with Crippen LogP contribution in [0.3, 0.4) is 0 Å². The van der Waals surface area contributed by atoms with E-state index in [-0.39, 0.29) is 52.7 Å². The predicted octanol–water partition coefficient (Wildman–Crippen LogP) is 7.00. The number of amides is 4. The van der Waals surface area contributed by atoms with E-state index in [1.165, 1.54) is 42.5 Å². The first-order valence-electron chi connectivity index (χ1n) is 21.2. The number of hydrogen-bond donors (Lipinski definition) is 5. The van der Waals surface area contributed by atoms with Crippen LogP contribution in [0.15, 0.2) is 85.1 Å². The molecule has 3 fully saturated rings. The van der Waals surface area contributed by atoms with Crippen LogP contribution in [-0.2, 0) is 9.59 Å². The molecule has 1 unspecified atom stereocenters. The Hall–Kier alpha value is -6.99. The van der Waals surface area contributed by atoms with Crippen LogP contribution in [0.5, 0.6) is 0 Å². The van der Waals surface area contributed by atoms with E-state index in [0.717, 1.165) is 38.1 Å². The third kappa shape index (κ3) is 10.9. The van der Waals surface area contributed by atoms with Crippen LogP contribution in [0.25, 0.3) is 0 Å². The molecule has 5 aromatic rings. The summed E-state index contributed by atoms with van der Waals surface area (Å²) in [4.78, 5) is 61.3.